The first-order valence-electron chi connectivity index (χ1n) is 5.58. The van der Waals surface area contributed by atoms with E-state index in [1.807, 2.05) is 6.07 Å². The lowest BCUT2D eigenvalue weighted by Gasteiger charge is -2.17. The second-order valence-electron chi connectivity index (χ2n) is 4.25. The van der Waals surface area contributed by atoms with Gasteiger partial charge in [0, 0.05) is 17.4 Å². The maximum atomic E-state index is 5.42. The van der Waals surface area contributed by atoms with Gasteiger partial charge in [0.15, 0.2) is 0 Å². The Morgan fingerprint density at radius 3 is 2.88 bits per heavy atom. The van der Waals surface area contributed by atoms with E-state index in [2.05, 4.69) is 35.0 Å². The molecule has 1 aromatic carbocycles. The summed E-state index contributed by atoms with van der Waals surface area (Å²) in [6.07, 6.45) is 1.14. The van der Waals surface area contributed by atoms with E-state index in [1.54, 1.807) is 7.11 Å². The van der Waals surface area contributed by atoms with Gasteiger partial charge in [0.25, 0.3) is 0 Å². The van der Waals surface area contributed by atoms with Crippen molar-refractivity contribution in [2.24, 2.45) is 5.92 Å². The first-order chi connectivity index (χ1) is 7.72. The van der Waals surface area contributed by atoms with Gasteiger partial charge in [0.05, 0.1) is 13.7 Å². The lowest BCUT2D eigenvalue weighted by Crippen LogP contribution is -2.07. The fourth-order valence-electron chi connectivity index (χ4n) is 2.13. The smallest absolute Gasteiger partial charge is 0.121 e. The summed E-state index contributed by atoms with van der Waals surface area (Å²) in [5, 5.41) is 0. The van der Waals surface area contributed by atoms with E-state index in [4.69, 9.17) is 9.47 Å². The summed E-state index contributed by atoms with van der Waals surface area (Å²) in [6, 6.07) is 6.36. The van der Waals surface area contributed by atoms with Gasteiger partial charge >= 0.3 is 0 Å². The van der Waals surface area contributed by atoms with E-state index in [-0.39, 0.29) is 0 Å². The molecule has 1 fully saturated rings. The molecular formula is C13H17BrO2. The number of hydrogen-bond acceptors (Lipinski definition) is 2. The second kappa shape index (κ2) is 5.19. The molecule has 2 unspecified atom stereocenters. The molecule has 16 heavy (non-hydrogen) atoms. The number of methoxy groups -OCH3 is 1. The number of halogens is 1. The van der Waals surface area contributed by atoms with Gasteiger partial charge in [-0.1, -0.05) is 28.1 Å². The molecule has 2 atom stereocenters. The lowest BCUT2D eigenvalue weighted by molar-refractivity contribution is 0.185. The standard InChI is InChI=1S/C13H17BrO2/c1-9-7-10(3-4-12(9)15-2)13(14)11-5-6-16-8-11/h3-4,7,11,13H,5-6,8H2,1-2H3. The molecule has 1 aromatic rings. The van der Waals surface area contributed by atoms with Crippen molar-refractivity contribution in [2.45, 2.75) is 18.2 Å². The van der Waals surface area contributed by atoms with Crippen molar-refractivity contribution in [1.82, 2.24) is 0 Å². The van der Waals surface area contributed by atoms with E-state index in [1.165, 1.54) is 11.1 Å². The summed E-state index contributed by atoms with van der Waals surface area (Å²) in [7, 11) is 1.71. The lowest BCUT2D eigenvalue weighted by atomic mass is 9.97. The SMILES string of the molecule is COc1ccc(C(Br)C2CCOC2)cc1C. The van der Waals surface area contributed by atoms with E-state index in [9.17, 15) is 0 Å². The van der Waals surface area contributed by atoms with Crippen LogP contribution in [0.25, 0.3) is 0 Å². The molecule has 0 saturated carbocycles. The van der Waals surface area contributed by atoms with Gasteiger partial charge in [0.1, 0.15) is 5.75 Å². The highest BCUT2D eigenvalue weighted by atomic mass is 79.9. The molecule has 0 radical (unpaired) electrons. The minimum absolute atomic E-state index is 0.389. The molecule has 0 aliphatic carbocycles. The normalized spacial score (nSPS) is 22.1. The number of benzene rings is 1. The van der Waals surface area contributed by atoms with Gasteiger partial charge in [0.2, 0.25) is 0 Å². The highest BCUT2D eigenvalue weighted by molar-refractivity contribution is 9.09. The predicted octanol–water partition coefficient (Wildman–Crippen LogP) is 3.48. The third-order valence-corrected chi connectivity index (χ3v) is 4.39. The number of ether oxygens (including phenoxy) is 2. The molecule has 0 N–H and O–H groups in total. The summed E-state index contributed by atoms with van der Waals surface area (Å²) in [5.74, 6) is 1.54. The van der Waals surface area contributed by atoms with Gasteiger partial charge in [-0.3, -0.25) is 0 Å². The van der Waals surface area contributed by atoms with E-state index >= 15 is 0 Å². The van der Waals surface area contributed by atoms with Crippen molar-refractivity contribution in [3.63, 3.8) is 0 Å². The Hall–Kier alpha value is -0.540. The largest absolute Gasteiger partial charge is 0.496 e. The average molecular weight is 285 g/mol. The van der Waals surface area contributed by atoms with Crippen LogP contribution in [0.15, 0.2) is 18.2 Å². The van der Waals surface area contributed by atoms with Crippen LogP contribution < -0.4 is 4.74 Å². The molecule has 0 aromatic heterocycles. The fraction of sp³-hybridized carbons (Fsp3) is 0.538. The van der Waals surface area contributed by atoms with Crippen molar-refractivity contribution in [3.8, 4) is 5.75 Å². The Kier molecular flexibility index (Phi) is 3.87. The fourth-order valence-corrected chi connectivity index (χ4v) is 2.83. The van der Waals surface area contributed by atoms with Crippen LogP contribution in [-0.4, -0.2) is 20.3 Å². The minimum Gasteiger partial charge on any atom is -0.496 e. The van der Waals surface area contributed by atoms with Crippen molar-refractivity contribution >= 4 is 15.9 Å². The van der Waals surface area contributed by atoms with Crippen LogP contribution in [-0.2, 0) is 4.74 Å². The number of rotatable bonds is 3. The quantitative estimate of drug-likeness (QED) is 0.792. The van der Waals surface area contributed by atoms with Gasteiger partial charge in [-0.05, 0) is 30.5 Å². The summed E-state index contributed by atoms with van der Waals surface area (Å²) in [5.41, 5.74) is 2.50. The van der Waals surface area contributed by atoms with Crippen LogP contribution in [0.3, 0.4) is 0 Å². The molecule has 0 amide bonds. The summed E-state index contributed by atoms with van der Waals surface area (Å²) >= 11 is 3.77. The van der Waals surface area contributed by atoms with Crippen LogP contribution in [0.4, 0.5) is 0 Å². The Balaban J connectivity index is 2.16. The van der Waals surface area contributed by atoms with Crippen LogP contribution in [0.1, 0.15) is 22.4 Å². The number of aryl methyl sites for hydroxylation is 1. The van der Waals surface area contributed by atoms with Crippen LogP contribution in [0.2, 0.25) is 0 Å². The summed E-state index contributed by atoms with van der Waals surface area (Å²) in [4.78, 5) is 0.389. The average Bonchev–Trinajstić information content (AvgIpc) is 2.81. The molecule has 0 spiro atoms. The molecule has 1 heterocycles. The van der Waals surface area contributed by atoms with Crippen LogP contribution in [0, 0.1) is 12.8 Å². The minimum atomic E-state index is 0.389. The zero-order chi connectivity index (χ0) is 11.5. The molecule has 1 aliphatic heterocycles. The first-order valence-corrected chi connectivity index (χ1v) is 6.50. The van der Waals surface area contributed by atoms with E-state index < -0.39 is 0 Å². The van der Waals surface area contributed by atoms with Crippen LogP contribution >= 0.6 is 15.9 Å². The molecule has 88 valence electrons. The zero-order valence-corrected chi connectivity index (χ0v) is 11.3. The molecule has 0 bridgehead atoms. The summed E-state index contributed by atoms with van der Waals surface area (Å²) < 4.78 is 10.7. The zero-order valence-electron chi connectivity index (χ0n) is 9.70. The molecule has 1 aliphatic rings. The van der Waals surface area contributed by atoms with E-state index in [0.29, 0.717) is 10.7 Å². The molecule has 3 heteroatoms. The van der Waals surface area contributed by atoms with Gasteiger partial charge in [-0.25, -0.2) is 0 Å². The van der Waals surface area contributed by atoms with Crippen molar-refractivity contribution < 1.29 is 9.47 Å². The Labute approximate surface area is 105 Å². The van der Waals surface area contributed by atoms with Crippen molar-refractivity contribution in [3.05, 3.63) is 29.3 Å². The van der Waals surface area contributed by atoms with Crippen molar-refractivity contribution in [2.75, 3.05) is 20.3 Å². The second-order valence-corrected chi connectivity index (χ2v) is 5.24. The predicted molar refractivity (Wildman–Crippen MR) is 68.3 cm³/mol. The molecule has 2 rings (SSSR count). The van der Waals surface area contributed by atoms with Gasteiger partial charge in [-0.15, -0.1) is 0 Å². The van der Waals surface area contributed by atoms with Gasteiger partial charge < -0.3 is 9.47 Å². The highest BCUT2D eigenvalue weighted by Gasteiger charge is 2.25. The number of hydrogen-bond donors (Lipinski definition) is 0. The summed E-state index contributed by atoms with van der Waals surface area (Å²) in [6.45, 7) is 3.83. The monoisotopic (exact) mass is 284 g/mol. The molecular weight excluding hydrogens is 268 g/mol. The maximum absolute atomic E-state index is 5.42. The third-order valence-electron chi connectivity index (χ3n) is 3.12. The Morgan fingerprint density at radius 1 is 1.50 bits per heavy atom. The van der Waals surface area contributed by atoms with Crippen LogP contribution in [0.5, 0.6) is 5.75 Å². The third kappa shape index (κ3) is 2.41. The van der Waals surface area contributed by atoms with E-state index in [0.717, 1.165) is 25.4 Å². The van der Waals surface area contributed by atoms with Crippen molar-refractivity contribution in [1.29, 1.82) is 0 Å². The highest BCUT2D eigenvalue weighted by Crippen LogP contribution is 2.37. The Morgan fingerprint density at radius 2 is 2.31 bits per heavy atom. The number of alkyl halides is 1. The molecule has 1 saturated heterocycles. The van der Waals surface area contributed by atoms with Gasteiger partial charge in [-0.2, -0.15) is 0 Å². The Bertz CT molecular complexity index is 359. The topological polar surface area (TPSA) is 18.5 Å². The molecule has 2 nitrogen and oxygen atoms in total. The maximum Gasteiger partial charge on any atom is 0.121 e. The first kappa shape index (κ1) is 11.9.